The molecular formula is C16H17N3O3. The molecule has 0 bridgehead atoms. The fraction of sp³-hybridized carbons (Fsp3) is 0.312. The van der Waals surface area contributed by atoms with Crippen LogP contribution in [0.3, 0.4) is 0 Å². The number of nitrogens with one attached hydrogen (secondary N) is 1. The minimum absolute atomic E-state index is 0.247. The topological polar surface area (TPSA) is 73.3 Å². The molecule has 1 aromatic carbocycles. The van der Waals surface area contributed by atoms with Gasteiger partial charge in [0, 0.05) is 6.20 Å². The smallest absolute Gasteiger partial charge is 0.340 e. The van der Waals surface area contributed by atoms with E-state index in [0.717, 1.165) is 17.5 Å². The van der Waals surface area contributed by atoms with Gasteiger partial charge in [-0.3, -0.25) is 0 Å². The minimum atomic E-state index is -0.624. The van der Waals surface area contributed by atoms with E-state index in [1.54, 1.807) is 18.3 Å². The number of aromatic nitrogens is 2. The Morgan fingerprint density at radius 2 is 2.23 bits per heavy atom. The van der Waals surface area contributed by atoms with Gasteiger partial charge in [0.1, 0.15) is 12.4 Å². The average Bonchev–Trinajstić information content (AvgIpc) is 2.59. The summed E-state index contributed by atoms with van der Waals surface area (Å²) in [5.74, 6) is 0.297. The van der Waals surface area contributed by atoms with Gasteiger partial charge in [0.15, 0.2) is 6.10 Å². The van der Waals surface area contributed by atoms with Crippen LogP contribution < -0.4 is 5.32 Å². The summed E-state index contributed by atoms with van der Waals surface area (Å²) < 4.78 is 10.8. The van der Waals surface area contributed by atoms with Crippen LogP contribution in [0.2, 0.25) is 0 Å². The van der Waals surface area contributed by atoms with Crippen LogP contribution in [0.5, 0.6) is 0 Å². The maximum absolute atomic E-state index is 12.2. The molecule has 1 aliphatic heterocycles. The molecule has 1 aromatic heterocycles. The molecule has 0 radical (unpaired) electrons. The molecule has 0 saturated carbocycles. The van der Waals surface area contributed by atoms with E-state index < -0.39 is 6.10 Å². The van der Waals surface area contributed by atoms with Gasteiger partial charge in [-0.25, -0.2) is 4.79 Å². The number of hydrogen-bond acceptors (Lipinski definition) is 6. The van der Waals surface area contributed by atoms with Gasteiger partial charge in [0.2, 0.25) is 0 Å². The van der Waals surface area contributed by atoms with Crippen molar-refractivity contribution in [1.29, 1.82) is 0 Å². The number of nitrogens with zero attached hydrogens (tertiary/aromatic N) is 2. The molecule has 2 aromatic rings. The maximum atomic E-state index is 12.2. The lowest BCUT2D eigenvalue weighted by molar-refractivity contribution is -0.158. The Kier molecular flexibility index (Phi) is 4.60. The second-order valence-electron chi connectivity index (χ2n) is 4.90. The summed E-state index contributed by atoms with van der Waals surface area (Å²) in [6.45, 7) is 1.25. The first-order valence-electron chi connectivity index (χ1n) is 7.22. The van der Waals surface area contributed by atoms with Crippen molar-refractivity contribution in [3.8, 4) is 0 Å². The van der Waals surface area contributed by atoms with Gasteiger partial charge in [-0.2, -0.15) is 5.10 Å². The summed E-state index contributed by atoms with van der Waals surface area (Å²) in [4.78, 5) is 12.2. The van der Waals surface area contributed by atoms with E-state index in [4.69, 9.17) is 9.47 Å². The summed E-state index contributed by atoms with van der Waals surface area (Å²) in [5, 5.41) is 10.7. The minimum Gasteiger partial charge on any atom is -0.462 e. The lowest BCUT2D eigenvalue weighted by Gasteiger charge is -2.24. The highest BCUT2D eigenvalue weighted by Crippen LogP contribution is 2.27. The standard InChI is InChI=1S/C16H17N3O3/c20-16(22-11-9-17-14-6-3-8-18-19-14)15-13-5-2-1-4-12(13)7-10-21-15/h1-6,8,15H,7,9-11H2,(H,17,19). The van der Waals surface area contributed by atoms with Crippen molar-refractivity contribution < 1.29 is 14.3 Å². The summed E-state index contributed by atoms with van der Waals surface area (Å²) in [6, 6.07) is 11.4. The predicted octanol–water partition coefficient (Wildman–Crippen LogP) is 1.75. The predicted molar refractivity (Wildman–Crippen MR) is 80.3 cm³/mol. The molecule has 2 heterocycles. The number of benzene rings is 1. The van der Waals surface area contributed by atoms with Gasteiger partial charge >= 0.3 is 5.97 Å². The Morgan fingerprint density at radius 3 is 3.09 bits per heavy atom. The number of carbonyl (C=O) groups is 1. The molecule has 114 valence electrons. The lowest BCUT2D eigenvalue weighted by Crippen LogP contribution is -2.26. The third-order valence-electron chi connectivity index (χ3n) is 3.43. The molecule has 0 aliphatic carbocycles. The molecule has 0 saturated heterocycles. The van der Waals surface area contributed by atoms with Crippen molar-refractivity contribution in [3.63, 3.8) is 0 Å². The third-order valence-corrected chi connectivity index (χ3v) is 3.43. The summed E-state index contributed by atoms with van der Waals surface area (Å²) in [6.07, 6.45) is 1.80. The van der Waals surface area contributed by atoms with Crippen LogP contribution in [-0.4, -0.2) is 35.9 Å². The Labute approximate surface area is 128 Å². The van der Waals surface area contributed by atoms with E-state index in [0.29, 0.717) is 19.0 Å². The van der Waals surface area contributed by atoms with Crippen LogP contribution >= 0.6 is 0 Å². The first kappa shape index (κ1) is 14.5. The number of carbonyl (C=O) groups excluding carboxylic acids is 1. The Balaban J connectivity index is 1.51. The second kappa shape index (κ2) is 7.00. The van der Waals surface area contributed by atoms with Crippen molar-refractivity contribution in [3.05, 3.63) is 53.7 Å². The van der Waals surface area contributed by atoms with E-state index in [1.165, 1.54) is 0 Å². The largest absolute Gasteiger partial charge is 0.462 e. The maximum Gasteiger partial charge on any atom is 0.340 e. The van der Waals surface area contributed by atoms with Crippen LogP contribution in [-0.2, 0) is 20.7 Å². The molecule has 1 aliphatic rings. The fourth-order valence-corrected chi connectivity index (χ4v) is 2.39. The molecule has 1 N–H and O–H groups in total. The number of fused-ring (bicyclic) bond motifs is 1. The van der Waals surface area contributed by atoms with Crippen LogP contribution in [0, 0.1) is 0 Å². The van der Waals surface area contributed by atoms with Crippen LogP contribution in [0.25, 0.3) is 0 Å². The third kappa shape index (κ3) is 3.40. The molecule has 0 spiro atoms. The van der Waals surface area contributed by atoms with Crippen molar-refractivity contribution in [1.82, 2.24) is 10.2 Å². The molecule has 0 fully saturated rings. The van der Waals surface area contributed by atoms with E-state index in [1.807, 2.05) is 24.3 Å². The van der Waals surface area contributed by atoms with E-state index in [2.05, 4.69) is 15.5 Å². The summed E-state index contributed by atoms with van der Waals surface area (Å²) in [7, 11) is 0. The van der Waals surface area contributed by atoms with Gasteiger partial charge in [-0.15, -0.1) is 5.10 Å². The lowest BCUT2D eigenvalue weighted by atomic mass is 9.98. The zero-order valence-corrected chi connectivity index (χ0v) is 12.1. The van der Waals surface area contributed by atoms with Gasteiger partial charge in [-0.1, -0.05) is 24.3 Å². The van der Waals surface area contributed by atoms with Crippen molar-refractivity contribution in [2.45, 2.75) is 12.5 Å². The van der Waals surface area contributed by atoms with Crippen molar-refractivity contribution in [2.24, 2.45) is 0 Å². The second-order valence-corrected chi connectivity index (χ2v) is 4.90. The molecule has 6 nitrogen and oxygen atoms in total. The summed E-state index contributed by atoms with van der Waals surface area (Å²) >= 11 is 0. The van der Waals surface area contributed by atoms with Crippen molar-refractivity contribution in [2.75, 3.05) is 25.1 Å². The number of anilines is 1. The van der Waals surface area contributed by atoms with Gasteiger partial charge < -0.3 is 14.8 Å². The molecule has 6 heteroatoms. The first-order chi connectivity index (χ1) is 10.8. The zero-order chi connectivity index (χ0) is 15.2. The fourth-order valence-electron chi connectivity index (χ4n) is 2.39. The van der Waals surface area contributed by atoms with E-state index in [9.17, 15) is 4.79 Å². The number of esters is 1. The molecule has 0 amide bonds. The van der Waals surface area contributed by atoms with Crippen LogP contribution in [0.1, 0.15) is 17.2 Å². The number of rotatable bonds is 5. The van der Waals surface area contributed by atoms with Gasteiger partial charge in [0.05, 0.1) is 13.2 Å². The highest BCUT2D eigenvalue weighted by Gasteiger charge is 2.28. The van der Waals surface area contributed by atoms with E-state index in [-0.39, 0.29) is 12.6 Å². The number of hydrogen-bond donors (Lipinski definition) is 1. The molecule has 3 rings (SSSR count). The summed E-state index contributed by atoms with van der Waals surface area (Å²) in [5.41, 5.74) is 2.05. The van der Waals surface area contributed by atoms with Crippen LogP contribution in [0.4, 0.5) is 5.82 Å². The van der Waals surface area contributed by atoms with Crippen molar-refractivity contribution >= 4 is 11.8 Å². The Morgan fingerprint density at radius 1 is 1.32 bits per heavy atom. The highest BCUT2D eigenvalue weighted by atomic mass is 16.6. The Bertz CT molecular complexity index is 634. The quantitative estimate of drug-likeness (QED) is 0.670. The van der Waals surface area contributed by atoms with Gasteiger partial charge in [0.25, 0.3) is 0 Å². The number of ether oxygens (including phenoxy) is 2. The zero-order valence-electron chi connectivity index (χ0n) is 12.1. The SMILES string of the molecule is O=C(OCCNc1cccnn1)C1OCCc2ccccc21. The monoisotopic (exact) mass is 299 g/mol. The normalized spacial score (nSPS) is 16.6. The van der Waals surface area contributed by atoms with Gasteiger partial charge in [-0.05, 0) is 29.7 Å². The molecular weight excluding hydrogens is 282 g/mol. The molecule has 22 heavy (non-hydrogen) atoms. The highest BCUT2D eigenvalue weighted by molar-refractivity contribution is 5.77. The first-order valence-corrected chi connectivity index (χ1v) is 7.22. The van der Waals surface area contributed by atoms with Crippen LogP contribution in [0.15, 0.2) is 42.6 Å². The van der Waals surface area contributed by atoms with E-state index >= 15 is 0 Å². The molecule has 1 unspecified atom stereocenters. The molecule has 1 atom stereocenters. The Hall–Kier alpha value is -2.47. The average molecular weight is 299 g/mol.